The van der Waals surface area contributed by atoms with E-state index < -0.39 is 30.4 Å². The van der Waals surface area contributed by atoms with E-state index in [1.807, 2.05) is 0 Å². The summed E-state index contributed by atoms with van der Waals surface area (Å²) < 4.78 is 34.7. The van der Waals surface area contributed by atoms with Gasteiger partial charge in [0.2, 0.25) is 0 Å². The first-order valence-corrected chi connectivity index (χ1v) is 10.4. The second-order valence-electron chi connectivity index (χ2n) is 6.76. The van der Waals surface area contributed by atoms with Gasteiger partial charge in [-0.1, -0.05) is 26.5 Å². The van der Waals surface area contributed by atoms with E-state index in [1.54, 1.807) is 18.4 Å². The Morgan fingerprint density at radius 1 is 1.46 bits per heavy atom. The number of halogens is 1. The van der Waals surface area contributed by atoms with Crippen molar-refractivity contribution in [3.8, 4) is 0 Å². The molecule has 152 valence electrons. The van der Waals surface area contributed by atoms with Gasteiger partial charge in [0.1, 0.15) is 23.3 Å². The molecule has 2 atom stereocenters. The molecule has 2 aromatic heterocycles. The van der Waals surface area contributed by atoms with Crippen LogP contribution in [-0.2, 0) is 9.30 Å². The van der Waals surface area contributed by atoms with Crippen LogP contribution in [0.2, 0.25) is 0 Å². The molecule has 0 amide bonds. The molecule has 9 nitrogen and oxygen atoms in total. The molecule has 0 spiro atoms. The van der Waals surface area contributed by atoms with Gasteiger partial charge in [-0.3, -0.25) is 4.57 Å². The molecule has 2 unspecified atom stereocenters. The van der Waals surface area contributed by atoms with E-state index >= 15 is 4.39 Å². The average Bonchev–Trinajstić information content (AvgIpc) is 3.21. The second-order valence-corrected chi connectivity index (χ2v) is 8.67. The van der Waals surface area contributed by atoms with Crippen molar-refractivity contribution in [3.05, 3.63) is 37.2 Å². The molecule has 3 rings (SSSR count). The lowest BCUT2D eigenvalue weighted by molar-refractivity contribution is -0.0935. The van der Waals surface area contributed by atoms with E-state index in [0.29, 0.717) is 11.2 Å². The van der Waals surface area contributed by atoms with Crippen LogP contribution in [-0.4, -0.2) is 40.2 Å². The highest BCUT2D eigenvalue weighted by Crippen LogP contribution is 2.59. The van der Waals surface area contributed by atoms with E-state index in [4.69, 9.17) is 10.5 Å². The fourth-order valence-electron chi connectivity index (χ4n) is 3.59. The smallest absolute Gasteiger partial charge is 0.357 e. The lowest BCUT2D eigenvalue weighted by Crippen LogP contribution is -2.42. The number of aromatic nitrogens is 4. The van der Waals surface area contributed by atoms with E-state index in [1.165, 1.54) is 24.8 Å². The summed E-state index contributed by atoms with van der Waals surface area (Å²) >= 11 is 0. The molecule has 0 bridgehead atoms. The third-order valence-electron chi connectivity index (χ3n) is 5.34. The molecule has 0 saturated heterocycles. The summed E-state index contributed by atoms with van der Waals surface area (Å²) in [4.78, 5) is 32.0. The lowest BCUT2D eigenvalue weighted by atomic mass is 10.00. The van der Waals surface area contributed by atoms with Gasteiger partial charge in [0.05, 0.1) is 12.4 Å². The number of hydrogen-bond acceptors (Lipinski definition) is 6. The van der Waals surface area contributed by atoms with Crippen LogP contribution in [0.3, 0.4) is 0 Å². The van der Waals surface area contributed by atoms with Gasteiger partial charge in [-0.05, 0) is 18.9 Å². The zero-order valence-electron chi connectivity index (χ0n) is 15.6. The van der Waals surface area contributed by atoms with Gasteiger partial charge in [-0.2, -0.15) is 0 Å². The first kappa shape index (κ1) is 20.6. The Kier molecular flexibility index (Phi) is 5.18. The summed E-state index contributed by atoms with van der Waals surface area (Å²) in [7, 11) is -4.69. The minimum Gasteiger partial charge on any atom is -0.382 e. The third kappa shape index (κ3) is 3.06. The Balaban J connectivity index is 2.01. The largest absolute Gasteiger partial charge is 0.382 e. The van der Waals surface area contributed by atoms with Crippen molar-refractivity contribution in [1.82, 2.24) is 19.5 Å². The number of rotatable bonds is 7. The van der Waals surface area contributed by atoms with Crippen LogP contribution in [0.1, 0.15) is 39.2 Å². The molecular weight excluding hydrogens is 388 g/mol. The molecule has 0 saturated carbocycles. The Labute approximate surface area is 161 Å². The summed E-state index contributed by atoms with van der Waals surface area (Å²) in [5.41, 5.74) is 4.94. The molecule has 4 N–H and O–H groups in total. The van der Waals surface area contributed by atoms with E-state index in [9.17, 15) is 14.4 Å². The summed E-state index contributed by atoms with van der Waals surface area (Å²) in [6.07, 6.45) is 5.39. The normalized spacial score (nSPS) is 23.2. The van der Waals surface area contributed by atoms with E-state index in [2.05, 4.69) is 21.5 Å². The summed E-state index contributed by atoms with van der Waals surface area (Å²) in [5, 5.41) is -1.81. The second kappa shape index (κ2) is 7.04. The van der Waals surface area contributed by atoms with Crippen molar-refractivity contribution >= 4 is 24.6 Å². The minimum absolute atomic E-state index is 0.0130. The first-order valence-electron chi connectivity index (χ1n) is 8.83. The quantitative estimate of drug-likeness (QED) is 0.467. The van der Waals surface area contributed by atoms with Crippen molar-refractivity contribution < 1.29 is 23.5 Å². The van der Waals surface area contributed by atoms with Gasteiger partial charge in [-0.15, -0.1) is 0 Å². The molecular formula is C17H23FN5O4P. The lowest BCUT2D eigenvalue weighted by Gasteiger charge is -2.40. The molecule has 0 aliphatic heterocycles. The molecule has 0 radical (unpaired) electrons. The van der Waals surface area contributed by atoms with Crippen molar-refractivity contribution in [1.29, 1.82) is 0 Å². The summed E-state index contributed by atoms with van der Waals surface area (Å²) in [6, 6.07) is -0.555. The maximum absolute atomic E-state index is 15.1. The van der Waals surface area contributed by atoms with Gasteiger partial charge < -0.3 is 24.8 Å². The predicted molar refractivity (Wildman–Crippen MR) is 102 cm³/mol. The summed E-state index contributed by atoms with van der Waals surface area (Å²) in [6.45, 7) is 6.85. The highest BCUT2D eigenvalue weighted by molar-refractivity contribution is 7.53. The molecule has 1 aliphatic carbocycles. The Morgan fingerprint density at radius 3 is 2.71 bits per heavy atom. The molecule has 28 heavy (non-hydrogen) atoms. The fourth-order valence-corrected chi connectivity index (χ4v) is 4.69. The average molecular weight is 411 g/mol. The van der Waals surface area contributed by atoms with Gasteiger partial charge in [0.15, 0.2) is 16.8 Å². The van der Waals surface area contributed by atoms with Gasteiger partial charge in [0, 0.05) is 6.42 Å². The number of nitrogens with two attached hydrogens (primary N) is 1. The SMILES string of the molecule is C=CC1(OC(CC)(CC)P(=O)(O)O)CC(n2cnc3c(N)ncnc32)C=C1F. The van der Waals surface area contributed by atoms with Crippen molar-refractivity contribution in [2.45, 2.75) is 50.1 Å². The number of fused-ring (bicyclic) bond motifs is 1. The zero-order valence-corrected chi connectivity index (χ0v) is 16.5. The standard InChI is InChI=1S/C17H23FN5O4P/c1-4-16(27-17(5-2,6-3)28(24,25)26)8-11(7-12(16)18)23-10-22-13-14(19)20-9-21-15(13)23/h4,7,9-11H,1,5-6,8H2,2-3H3,(H2,19,20,21)(H2,24,25,26). The minimum atomic E-state index is -4.69. The Bertz CT molecular complexity index is 983. The predicted octanol–water partition coefficient (Wildman–Crippen LogP) is 2.84. The van der Waals surface area contributed by atoms with Gasteiger partial charge >= 0.3 is 7.60 Å². The highest BCUT2D eigenvalue weighted by atomic mass is 31.2. The molecule has 0 fully saturated rings. The Hall–Kier alpha value is -2.13. The molecule has 11 heteroatoms. The van der Waals surface area contributed by atoms with Crippen LogP contribution < -0.4 is 5.73 Å². The van der Waals surface area contributed by atoms with E-state index in [-0.39, 0.29) is 25.1 Å². The fraction of sp³-hybridized carbons (Fsp3) is 0.471. The number of ether oxygens (including phenoxy) is 1. The van der Waals surface area contributed by atoms with Crippen LogP contribution in [0.4, 0.5) is 10.2 Å². The van der Waals surface area contributed by atoms with Crippen LogP contribution in [0.5, 0.6) is 0 Å². The highest BCUT2D eigenvalue weighted by Gasteiger charge is 2.54. The number of allylic oxidation sites excluding steroid dienone is 1. The van der Waals surface area contributed by atoms with Crippen LogP contribution >= 0.6 is 7.60 Å². The van der Waals surface area contributed by atoms with E-state index in [0.717, 1.165) is 0 Å². The van der Waals surface area contributed by atoms with Crippen LogP contribution in [0, 0.1) is 0 Å². The summed E-state index contributed by atoms with van der Waals surface area (Å²) in [5.74, 6) is -0.467. The molecule has 2 heterocycles. The Morgan fingerprint density at radius 2 is 2.14 bits per heavy atom. The maximum Gasteiger partial charge on any atom is 0.357 e. The first-order chi connectivity index (χ1) is 13.1. The third-order valence-corrected chi connectivity index (χ3v) is 7.12. The van der Waals surface area contributed by atoms with Gasteiger partial charge in [0.25, 0.3) is 0 Å². The number of nitrogen functional groups attached to an aromatic ring is 1. The number of imidazole rings is 1. The van der Waals surface area contributed by atoms with Crippen LogP contribution in [0.15, 0.2) is 37.2 Å². The molecule has 2 aromatic rings. The van der Waals surface area contributed by atoms with Crippen molar-refractivity contribution in [2.75, 3.05) is 5.73 Å². The van der Waals surface area contributed by atoms with Crippen molar-refractivity contribution in [3.63, 3.8) is 0 Å². The topological polar surface area (TPSA) is 136 Å². The van der Waals surface area contributed by atoms with Crippen molar-refractivity contribution in [2.24, 2.45) is 0 Å². The molecule has 0 aromatic carbocycles. The maximum atomic E-state index is 15.1. The monoisotopic (exact) mass is 411 g/mol. The number of anilines is 1. The number of nitrogens with zero attached hydrogens (tertiary/aromatic N) is 4. The zero-order chi connectivity index (χ0) is 20.7. The molecule has 1 aliphatic rings. The van der Waals surface area contributed by atoms with Crippen LogP contribution in [0.25, 0.3) is 11.2 Å². The number of hydrogen-bond donors (Lipinski definition) is 3. The van der Waals surface area contributed by atoms with Gasteiger partial charge in [-0.25, -0.2) is 19.3 Å².